The third-order valence-electron chi connectivity index (χ3n) is 3.64. The number of nitrogens with one attached hydrogen (secondary N) is 1. The van der Waals surface area contributed by atoms with Gasteiger partial charge in [0.1, 0.15) is 6.04 Å². The van der Waals surface area contributed by atoms with Crippen LogP contribution in [0.3, 0.4) is 0 Å². The van der Waals surface area contributed by atoms with Crippen LogP contribution in [0.5, 0.6) is 0 Å². The standard InChI is InChI=1S/C10H19F3N2/c1-6-3-4-8(5-7(6)2)9(15-14)10(11,12)13/h6-9,15H,3-5,14H2,1-2H3. The first-order valence-corrected chi connectivity index (χ1v) is 5.39. The summed E-state index contributed by atoms with van der Waals surface area (Å²) < 4.78 is 37.8. The quantitative estimate of drug-likeness (QED) is 0.558. The number of halogens is 3. The zero-order valence-electron chi connectivity index (χ0n) is 9.14. The number of nitrogens with two attached hydrogens (primary N) is 1. The Morgan fingerprint density at radius 2 is 1.80 bits per heavy atom. The summed E-state index contributed by atoms with van der Waals surface area (Å²) in [6.07, 6.45) is -2.16. The summed E-state index contributed by atoms with van der Waals surface area (Å²) in [5.41, 5.74) is 1.92. The van der Waals surface area contributed by atoms with Crippen molar-refractivity contribution in [3.05, 3.63) is 0 Å². The molecule has 0 radical (unpaired) electrons. The number of rotatable bonds is 2. The second-order valence-corrected chi connectivity index (χ2v) is 4.71. The van der Waals surface area contributed by atoms with Gasteiger partial charge < -0.3 is 0 Å². The Morgan fingerprint density at radius 1 is 1.20 bits per heavy atom. The topological polar surface area (TPSA) is 38.0 Å². The van der Waals surface area contributed by atoms with E-state index in [9.17, 15) is 13.2 Å². The van der Waals surface area contributed by atoms with Crippen LogP contribution >= 0.6 is 0 Å². The van der Waals surface area contributed by atoms with Crippen molar-refractivity contribution in [1.29, 1.82) is 0 Å². The molecule has 0 aliphatic heterocycles. The zero-order chi connectivity index (χ0) is 11.6. The maximum Gasteiger partial charge on any atom is 0.405 e. The van der Waals surface area contributed by atoms with E-state index in [1.807, 2.05) is 12.3 Å². The highest BCUT2D eigenvalue weighted by Gasteiger charge is 2.45. The summed E-state index contributed by atoms with van der Waals surface area (Å²) in [4.78, 5) is 0. The van der Waals surface area contributed by atoms with Gasteiger partial charge in [-0.25, -0.2) is 5.43 Å². The van der Waals surface area contributed by atoms with Crippen LogP contribution in [0.25, 0.3) is 0 Å². The Balaban J connectivity index is 2.63. The predicted octanol–water partition coefficient (Wildman–Crippen LogP) is 2.45. The van der Waals surface area contributed by atoms with Crippen LogP contribution in [0.1, 0.15) is 33.1 Å². The summed E-state index contributed by atoms with van der Waals surface area (Å²) in [5.74, 6) is 5.50. The molecule has 0 heterocycles. The Kier molecular flexibility index (Phi) is 4.00. The average Bonchev–Trinajstić information content (AvgIpc) is 2.10. The van der Waals surface area contributed by atoms with Crippen LogP contribution in [-0.2, 0) is 0 Å². The minimum absolute atomic E-state index is 0.349. The lowest BCUT2D eigenvalue weighted by molar-refractivity contribution is -0.172. The summed E-state index contributed by atoms with van der Waals surface area (Å²) in [7, 11) is 0. The van der Waals surface area contributed by atoms with E-state index in [0.717, 1.165) is 6.42 Å². The SMILES string of the molecule is CC1CCC(C(NN)C(F)(F)F)CC1C. The lowest BCUT2D eigenvalue weighted by atomic mass is 9.73. The Hall–Kier alpha value is -0.290. The first kappa shape index (κ1) is 12.8. The summed E-state index contributed by atoms with van der Waals surface area (Å²) >= 11 is 0. The van der Waals surface area contributed by atoms with Crippen molar-refractivity contribution in [2.45, 2.75) is 45.3 Å². The predicted molar refractivity (Wildman–Crippen MR) is 52.8 cm³/mol. The Bertz CT molecular complexity index is 205. The molecule has 1 aliphatic carbocycles. The van der Waals surface area contributed by atoms with Gasteiger partial charge in [-0.3, -0.25) is 5.84 Å². The van der Waals surface area contributed by atoms with E-state index in [-0.39, 0.29) is 5.92 Å². The minimum Gasteiger partial charge on any atom is -0.271 e. The highest BCUT2D eigenvalue weighted by atomic mass is 19.4. The van der Waals surface area contributed by atoms with Gasteiger partial charge in [0.05, 0.1) is 0 Å². The maximum absolute atomic E-state index is 12.6. The molecule has 0 saturated heterocycles. The van der Waals surface area contributed by atoms with Crippen LogP contribution in [-0.4, -0.2) is 12.2 Å². The molecule has 1 fully saturated rings. The monoisotopic (exact) mass is 224 g/mol. The van der Waals surface area contributed by atoms with Gasteiger partial charge in [0.25, 0.3) is 0 Å². The van der Waals surface area contributed by atoms with E-state index < -0.39 is 12.2 Å². The van der Waals surface area contributed by atoms with Gasteiger partial charge in [0.2, 0.25) is 0 Å². The van der Waals surface area contributed by atoms with E-state index in [1.54, 1.807) is 0 Å². The molecule has 2 nitrogen and oxygen atoms in total. The van der Waals surface area contributed by atoms with Crippen molar-refractivity contribution in [3.63, 3.8) is 0 Å². The van der Waals surface area contributed by atoms with E-state index >= 15 is 0 Å². The molecule has 4 atom stereocenters. The van der Waals surface area contributed by atoms with Crippen molar-refractivity contribution in [1.82, 2.24) is 5.43 Å². The van der Waals surface area contributed by atoms with Crippen LogP contribution in [0, 0.1) is 17.8 Å². The molecular weight excluding hydrogens is 205 g/mol. The number of hydrogen-bond acceptors (Lipinski definition) is 2. The average molecular weight is 224 g/mol. The lowest BCUT2D eigenvalue weighted by Gasteiger charge is -2.37. The molecule has 0 aromatic heterocycles. The summed E-state index contributed by atoms with van der Waals surface area (Å²) in [6, 6.07) is -1.55. The molecule has 0 aromatic carbocycles. The molecule has 4 unspecified atom stereocenters. The van der Waals surface area contributed by atoms with Crippen molar-refractivity contribution in [2.75, 3.05) is 0 Å². The lowest BCUT2D eigenvalue weighted by Crippen LogP contribution is -2.52. The van der Waals surface area contributed by atoms with Gasteiger partial charge in [-0.2, -0.15) is 13.2 Å². The molecule has 3 N–H and O–H groups in total. The first-order chi connectivity index (χ1) is 6.86. The largest absolute Gasteiger partial charge is 0.405 e. The van der Waals surface area contributed by atoms with E-state index in [4.69, 9.17) is 5.84 Å². The van der Waals surface area contributed by atoms with E-state index in [2.05, 4.69) is 6.92 Å². The van der Waals surface area contributed by atoms with Crippen LogP contribution < -0.4 is 11.3 Å². The molecule has 1 aliphatic rings. The molecule has 0 aromatic rings. The van der Waals surface area contributed by atoms with Gasteiger partial charge in [-0.1, -0.05) is 20.3 Å². The smallest absolute Gasteiger partial charge is 0.271 e. The third kappa shape index (κ3) is 3.08. The van der Waals surface area contributed by atoms with Crippen LogP contribution in [0.4, 0.5) is 13.2 Å². The molecular formula is C10H19F3N2. The van der Waals surface area contributed by atoms with Gasteiger partial charge >= 0.3 is 6.18 Å². The molecule has 5 heteroatoms. The normalized spacial score (nSPS) is 35.2. The van der Waals surface area contributed by atoms with Crippen molar-refractivity contribution >= 4 is 0 Å². The highest BCUT2D eigenvalue weighted by Crippen LogP contribution is 2.39. The van der Waals surface area contributed by atoms with Crippen LogP contribution in [0.15, 0.2) is 0 Å². The Morgan fingerprint density at radius 3 is 2.20 bits per heavy atom. The van der Waals surface area contributed by atoms with Crippen molar-refractivity contribution < 1.29 is 13.2 Å². The highest BCUT2D eigenvalue weighted by molar-refractivity contribution is 4.86. The molecule has 1 rings (SSSR count). The summed E-state index contributed by atoms with van der Waals surface area (Å²) in [5, 5.41) is 0. The van der Waals surface area contributed by atoms with Crippen molar-refractivity contribution in [2.24, 2.45) is 23.6 Å². The van der Waals surface area contributed by atoms with Gasteiger partial charge in [0.15, 0.2) is 0 Å². The molecule has 90 valence electrons. The fourth-order valence-electron chi connectivity index (χ4n) is 2.39. The molecule has 15 heavy (non-hydrogen) atoms. The number of hydrogen-bond donors (Lipinski definition) is 2. The third-order valence-corrected chi connectivity index (χ3v) is 3.64. The molecule has 0 bridgehead atoms. The zero-order valence-corrected chi connectivity index (χ0v) is 9.14. The van der Waals surface area contributed by atoms with Crippen molar-refractivity contribution in [3.8, 4) is 0 Å². The van der Waals surface area contributed by atoms with Crippen LogP contribution in [0.2, 0.25) is 0 Å². The second kappa shape index (κ2) is 4.70. The minimum atomic E-state index is -4.24. The number of alkyl halides is 3. The number of hydrazine groups is 1. The van der Waals surface area contributed by atoms with Gasteiger partial charge in [-0.05, 0) is 30.6 Å². The first-order valence-electron chi connectivity index (χ1n) is 5.39. The van der Waals surface area contributed by atoms with E-state index in [1.165, 1.54) is 0 Å². The molecule has 0 spiro atoms. The molecule has 1 saturated carbocycles. The maximum atomic E-state index is 12.6. The van der Waals surface area contributed by atoms with Gasteiger partial charge in [-0.15, -0.1) is 0 Å². The summed E-state index contributed by atoms with van der Waals surface area (Å²) in [6.45, 7) is 4.11. The van der Waals surface area contributed by atoms with E-state index in [0.29, 0.717) is 24.7 Å². The Labute approximate surface area is 88.4 Å². The second-order valence-electron chi connectivity index (χ2n) is 4.71. The van der Waals surface area contributed by atoms with Gasteiger partial charge in [0, 0.05) is 0 Å². The fourth-order valence-corrected chi connectivity index (χ4v) is 2.39. The molecule has 0 amide bonds. The fraction of sp³-hybridized carbons (Fsp3) is 1.00.